The van der Waals surface area contributed by atoms with Gasteiger partial charge in [-0.2, -0.15) is 4.37 Å². The minimum atomic E-state index is 0. The van der Waals surface area contributed by atoms with Crippen LogP contribution in [0.1, 0.15) is 11.4 Å². The lowest BCUT2D eigenvalue weighted by Gasteiger charge is -2.04. The third kappa shape index (κ3) is 2.11. The summed E-state index contributed by atoms with van der Waals surface area (Å²) in [7, 11) is 0. The SMILES string of the molecule is Brc1nsc(C2=CC3CNCC3C2)n1.Cl. The Morgan fingerprint density at radius 3 is 3.00 bits per heavy atom. The highest BCUT2D eigenvalue weighted by Crippen LogP contribution is 2.38. The predicted octanol–water partition coefficient (Wildman–Crippen LogP) is 2.35. The number of fused-ring (bicyclic) bond motifs is 1. The number of nitrogens with one attached hydrogen (secondary N) is 1. The summed E-state index contributed by atoms with van der Waals surface area (Å²) in [6.07, 6.45) is 3.54. The first kappa shape index (κ1) is 11.5. The zero-order valence-corrected chi connectivity index (χ0v) is 11.2. The Kier molecular flexibility index (Phi) is 3.45. The van der Waals surface area contributed by atoms with Crippen molar-refractivity contribution < 1.29 is 0 Å². The molecule has 1 saturated heterocycles. The maximum absolute atomic E-state index is 4.36. The summed E-state index contributed by atoms with van der Waals surface area (Å²) in [5, 5.41) is 4.50. The highest BCUT2D eigenvalue weighted by molar-refractivity contribution is 9.10. The molecule has 2 aliphatic rings. The van der Waals surface area contributed by atoms with Crippen LogP contribution in [0, 0.1) is 11.8 Å². The van der Waals surface area contributed by atoms with Gasteiger partial charge < -0.3 is 5.32 Å². The minimum Gasteiger partial charge on any atom is -0.316 e. The number of rotatable bonds is 1. The summed E-state index contributed by atoms with van der Waals surface area (Å²) < 4.78 is 4.86. The summed E-state index contributed by atoms with van der Waals surface area (Å²) in [5.41, 5.74) is 1.39. The average Bonchev–Trinajstić information content (AvgIpc) is 2.75. The van der Waals surface area contributed by atoms with E-state index < -0.39 is 0 Å². The second-order valence-electron chi connectivity index (χ2n) is 3.85. The molecule has 0 saturated carbocycles. The third-order valence-electron chi connectivity index (χ3n) is 2.97. The molecule has 1 aromatic heterocycles. The van der Waals surface area contributed by atoms with Crippen molar-refractivity contribution in [2.75, 3.05) is 13.1 Å². The van der Waals surface area contributed by atoms with Crippen molar-refractivity contribution in [2.24, 2.45) is 11.8 Å². The molecule has 2 heterocycles. The lowest BCUT2D eigenvalue weighted by molar-refractivity contribution is 0.536. The lowest BCUT2D eigenvalue weighted by atomic mass is 10.00. The van der Waals surface area contributed by atoms with Crippen molar-refractivity contribution >= 4 is 45.4 Å². The quantitative estimate of drug-likeness (QED) is 0.865. The van der Waals surface area contributed by atoms with Gasteiger partial charge in [0.15, 0.2) is 0 Å². The van der Waals surface area contributed by atoms with Gasteiger partial charge in [-0.3, -0.25) is 0 Å². The van der Waals surface area contributed by atoms with E-state index in [0.29, 0.717) is 4.73 Å². The summed E-state index contributed by atoms with van der Waals surface area (Å²) in [5.74, 6) is 1.53. The van der Waals surface area contributed by atoms with Gasteiger partial charge in [-0.25, -0.2) is 4.98 Å². The molecule has 3 rings (SSSR count). The number of halogens is 2. The van der Waals surface area contributed by atoms with E-state index in [4.69, 9.17) is 0 Å². The minimum absolute atomic E-state index is 0. The van der Waals surface area contributed by atoms with Gasteiger partial charge in [-0.05, 0) is 57.8 Å². The van der Waals surface area contributed by atoms with Crippen LogP contribution >= 0.6 is 39.9 Å². The summed E-state index contributed by atoms with van der Waals surface area (Å²) >= 11 is 4.78. The van der Waals surface area contributed by atoms with Crippen molar-refractivity contribution in [3.63, 3.8) is 0 Å². The zero-order valence-electron chi connectivity index (χ0n) is 7.94. The number of nitrogens with zero attached hydrogens (tertiary/aromatic N) is 2. The molecule has 0 amide bonds. The van der Waals surface area contributed by atoms with Crippen LogP contribution in [0.25, 0.3) is 5.57 Å². The average molecular weight is 309 g/mol. The third-order valence-corrected chi connectivity index (χ3v) is 4.35. The molecule has 1 fully saturated rings. The van der Waals surface area contributed by atoms with Crippen molar-refractivity contribution in [1.29, 1.82) is 0 Å². The van der Waals surface area contributed by atoms with Crippen LogP contribution in [0.4, 0.5) is 0 Å². The molecule has 3 nitrogen and oxygen atoms in total. The Bertz CT molecular complexity index is 392. The first-order chi connectivity index (χ1) is 6.83. The summed E-state index contributed by atoms with van der Waals surface area (Å²) in [4.78, 5) is 4.36. The number of hydrogen-bond donors (Lipinski definition) is 1. The molecule has 2 unspecified atom stereocenters. The van der Waals surface area contributed by atoms with Crippen molar-refractivity contribution in [1.82, 2.24) is 14.7 Å². The molecule has 2 atom stereocenters. The van der Waals surface area contributed by atoms with Gasteiger partial charge >= 0.3 is 0 Å². The fourth-order valence-electron chi connectivity index (χ4n) is 2.28. The maximum atomic E-state index is 4.36. The standard InChI is InChI=1S/C9H10BrN3S.ClH/c10-9-12-8(14-13-9)5-1-6-3-11-4-7(6)2-5;/h1,6-7,11H,2-4H2;1H. The molecule has 15 heavy (non-hydrogen) atoms. The first-order valence-corrected chi connectivity index (χ1v) is 6.30. The normalized spacial score (nSPS) is 28.5. The van der Waals surface area contributed by atoms with E-state index in [0.717, 1.165) is 29.9 Å². The Hall–Kier alpha value is 0.0300. The molecule has 82 valence electrons. The van der Waals surface area contributed by atoms with Crippen molar-refractivity contribution in [3.8, 4) is 0 Å². The predicted molar refractivity (Wildman–Crippen MR) is 67.3 cm³/mol. The molecule has 0 spiro atoms. The fraction of sp³-hybridized carbons (Fsp3) is 0.556. The first-order valence-electron chi connectivity index (χ1n) is 4.74. The van der Waals surface area contributed by atoms with Gasteiger partial charge in [0.05, 0.1) is 0 Å². The van der Waals surface area contributed by atoms with Gasteiger partial charge in [0.25, 0.3) is 0 Å². The Balaban J connectivity index is 0.000000853. The van der Waals surface area contributed by atoms with Crippen molar-refractivity contribution in [2.45, 2.75) is 6.42 Å². The number of hydrogen-bond acceptors (Lipinski definition) is 4. The summed E-state index contributed by atoms with van der Waals surface area (Å²) in [6.45, 7) is 2.29. The smallest absolute Gasteiger partial charge is 0.209 e. The van der Waals surface area contributed by atoms with E-state index >= 15 is 0 Å². The van der Waals surface area contributed by atoms with Crippen LogP contribution in [-0.2, 0) is 0 Å². The molecule has 0 aromatic carbocycles. The molecule has 1 aliphatic heterocycles. The number of allylic oxidation sites excluding steroid dienone is 1. The van der Waals surface area contributed by atoms with Gasteiger partial charge in [0.1, 0.15) is 5.01 Å². The Morgan fingerprint density at radius 1 is 1.47 bits per heavy atom. The largest absolute Gasteiger partial charge is 0.316 e. The van der Waals surface area contributed by atoms with E-state index in [9.17, 15) is 0 Å². The van der Waals surface area contributed by atoms with Crippen LogP contribution in [0.15, 0.2) is 10.8 Å². The molecular formula is C9H11BrClN3S. The van der Waals surface area contributed by atoms with Crippen LogP contribution in [0.2, 0.25) is 0 Å². The zero-order chi connectivity index (χ0) is 9.54. The molecule has 1 N–H and O–H groups in total. The molecule has 0 bridgehead atoms. The topological polar surface area (TPSA) is 37.8 Å². The summed E-state index contributed by atoms with van der Waals surface area (Å²) in [6, 6.07) is 0. The van der Waals surface area contributed by atoms with Gasteiger partial charge in [0, 0.05) is 6.54 Å². The van der Waals surface area contributed by atoms with E-state index in [1.54, 1.807) is 0 Å². The number of aromatic nitrogens is 2. The Morgan fingerprint density at radius 2 is 2.33 bits per heavy atom. The molecule has 1 aliphatic carbocycles. The van der Waals surface area contributed by atoms with Gasteiger partial charge in [-0.15, -0.1) is 12.4 Å². The van der Waals surface area contributed by atoms with E-state index in [-0.39, 0.29) is 12.4 Å². The second kappa shape index (κ2) is 4.49. The molecule has 0 radical (unpaired) electrons. The molecular weight excluding hydrogens is 298 g/mol. The highest BCUT2D eigenvalue weighted by Gasteiger charge is 2.32. The van der Waals surface area contributed by atoms with E-state index in [1.807, 2.05) is 0 Å². The monoisotopic (exact) mass is 307 g/mol. The van der Waals surface area contributed by atoms with Crippen LogP contribution < -0.4 is 5.32 Å². The second-order valence-corrected chi connectivity index (χ2v) is 5.31. The fourth-order valence-corrected chi connectivity index (χ4v) is 3.39. The molecule has 1 aromatic rings. The van der Waals surface area contributed by atoms with Gasteiger partial charge in [0.2, 0.25) is 4.73 Å². The lowest BCUT2D eigenvalue weighted by Crippen LogP contribution is -2.09. The molecule has 6 heteroatoms. The highest BCUT2D eigenvalue weighted by atomic mass is 79.9. The van der Waals surface area contributed by atoms with Crippen LogP contribution in [-0.4, -0.2) is 22.4 Å². The van der Waals surface area contributed by atoms with Crippen LogP contribution in [0.3, 0.4) is 0 Å². The van der Waals surface area contributed by atoms with E-state index in [2.05, 4.69) is 36.7 Å². The van der Waals surface area contributed by atoms with E-state index in [1.165, 1.54) is 23.5 Å². The van der Waals surface area contributed by atoms with Crippen molar-refractivity contribution in [3.05, 3.63) is 15.8 Å². The maximum Gasteiger partial charge on any atom is 0.209 e. The Labute approximate surface area is 107 Å². The van der Waals surface area contributed by atoms with Crippen LogP contribution in [0.5, 0.6) is 0 Å². The van der Waals surface area contributed by atoms with Gasteiger partial charge in [-0.1, -0.05) is 6.08 Å².